The highest BCUT2D eigenvalue weighted by molar-refractivity contribution is 5.95. The van der Waals surface area contributed by atoms with Gasteiger partial charge in [-0.25, -0.2) is 9.59 Å². The molecule has 0 saturated heterocycles. The number of benzene rings is 2. The average Bonchev–Trinajstić information content (AvgIpc) is 2.55. The highest BCUT2D eigenvalue weighted by Crippen LogP contribution is 2.27. The number of ether oxygens (including phenoxy) is 3. The fourth-order valence-electron chi connectivity index (χ4n) is 2.34. The molecule has 5 nitrogen and oxygen atoms in total. The number of cyclic esters (lactones) is 1. The van der Waals surface area contributed by atoms with Crippen molar-refractivity contribution in [1.82, 2.24) is 0 Å². The summed E-state index contributed by atoms with van der Waals surface area (Å²) >= 11 is 0. The quantitative estimate of drug-likeness (QED) is 0.643. The van der Waals surface area contributed by atoms with Gasteiger partial charge < -0.3 is 14.2 Å². The highest BCUT2D eigenvalue weighted by Gasteiger charge is 2.32. The number of rotatable bonds is 3. The Morgan fingerprint density at radius 3 is 2.55 bits per heavy atom. The van der Waals surface area contributed by atoms with Crippen LogP contribution in [0.4, 0.5) is 0 Å². The van der Waals surface area contributed by atoms with Gasteiger partial charge in [0.25, 0.3) is 0 Å². The van der Waals surface area contributed by atoms with E-state index in [9.17, 15) is 9.59 Å². The van der Waals surface area contributed by atoms with Crippen LogP contribution in [0.1, 0.15) is 15.9 Å². The smallest absolute Gasteiger partial charge is 0.353 e. The molecule has 3 rings (SSSR count). The molecule has 0 radical (unpaired) electrons. The number of methoxy groups -OCH3 is 1. The van der Waals surface area contributed by atoms with Crippen molar-refractivity contribution < 1.29 is 23.8 Å². The van der Waals surface area contributed by atoms with Gasteiger partial charge in [0.1, 0.15) is 0 Å². The van der Waals surface area contributed by atoms with Crippen molar-refractivity contribution in [3.63, 3.8) is 0 Å². The van der Waals surface area contributed by atoms with Crippen molar-refractivity contribution in [3.8, 4) is 11.5 Å². The largest absolute Gasteiger partial charge is 0.493 e. The van der Waals surface area contributed by atoms with Gasteiger partial charge in [-0.2, -0.15) is 0 Å². The van der Waals surface area contributed by atoms with Crippen molar-refractivity contribution in [2.24, 2.45) is 0 Å². The number of hydrogen-bond donors (Lipinski definition) is 0. The number of carbonyl (C=O) groups excluding carboxylic acids is 2. The molecule has 112 valence electrons. The Balaban J connectivity index is 1.78. The Hall–Kier alpha value is -2.82. The summed E-state index contributed by atoms with van der Waals surface area (Å²) in [6.45, 7) is 0. The third-order valence-electron chi connectivity index (χ3n) is 3.43. The molecule has 5 heteroatoms. The van der Waals surface area contributed by atoms with Crippen LogP contribution in [0.2, 0.25) is 0 Å². The Morgan fingerprint density at radius 1 is 1.09 bits per heavy atom. The van der Waals surface area contributed by atoms with Crippen LogP contribution in [0.3, 0.4) is 0 Å². The van der Waals surface area contributed by atoms with Gasteiger partial charge in [0.05, 0.1) is 12.7 Å². The molecule has 0 N–H and O–H groups in total. The maximum atomic E-state index is 12.2. The molecule has 2 aromatic carbocycles. The van der Waals surface area contributed by atoms with Gasteiger partial charge in [0.2, 0.25) is 6.10 Å². The van der Waals surface area contributed by atoms with Gasteiger partial charge in [0, 0.05) is 6.42 Å². The predicted octanol–water partition coefficient (Wildman–Crippen LogP) is 2.38. The predicted molar refractivity (Wildman–Crippen MR) is 78.0 cm³/mol. The number of fused-ring (bicyclic) bond motifs is 1. The topological polar surface area (TPSA) is 61.8 Å². The fraction of sp³-hybridized carbons (Fsp3) is 0.176. The van der Waals surface area contributed by atoms with Crippen LogP contribution in [0.15, 0.2) is 48.5 Å². The summed E-state index contributed by atoms with van der Waals surface area (Å²) in [7, 11) is 1.49. The van der Waals surface area contributed by atoms with Crippen LogP contribution >= 0.6 is 0 Å². The first-order chi connectivity index (χ1) is 10.7. The maximum absolute atomic E-state index is 12.2. The van der Waals surface area contributed by atoms with Gasteiger partial charge in [-0.15, -0.1) is 0 Å². The molecule has 0 saturated carbocycles. The molecule has 1 heterocycles. The summed E-state index contributed by atoms with van der Waals surface area (Å²) in [5.74, 6) is -0.389. The average molecular weight is 298 g/mol. The summed E-state index contributed by atoms with van der Waals surface area (Å²) in [6, 6.07) is 13.9. The van der Waals surface area contributed by atoms with Gasteiger partial charge in [-0.05, 0) is 23.8 Å². The number of para-hydroxylation sites is 2. The van der Waals surface area contributed by atoms with Crippen LogP contribution < -0.4 is 9.47 Å². The van der Waals surface area contributed by atoms with E-state index in [1.54, 1.807) is 42.5 Å². The lowest BCUT2D eigenvalue weighted by Gasteiger charge is -2.23. The standard InChI is InChI=1S/C17H14O5/c1-20-13-8-4-5-9-14(13)21-17(19)15-10-11-6-2-3-7-12(11)16(18)22-15/h2-9,15H,10H2,1H3. The van der Waals surface area contributed by atoms with E-state index in [4.69, 9.17) is 14.2 Å². The van der Waals surface area contributed by atoms with E-state index in [1.807, 2.05) is 6.07 Å². The summed E-state index contributed by atoms with van der Waals surface area (Å²) in [6.07, 6.45) is -0.650. The maximum Gasteiger partial charge on any atom is 0.353 e. The molecule has 1 unspecified atom stereocenters. The van der Waals surface area contributed by atoms with Gasteiger partial charge in [-0.3, -0.25) is 0 Å². The number of esters is 2. The third-order valence-corrected chi connectivity index (χ3v) is 3.43. The van der Waals surface area contributed by atoms with Gasteiger partial charge in [0.15, 0.2) is 11.5 Å². The molecule has 2 aromatic rings. The lowest BCUT2D eigenvalue weighted by Crippen LogP contribution is -2.37. The minimum absolute atomic E-state index is 0.296. The molecule has 0 aromatic heterocycles. The monoisotopic (exact) mass is 298 g/mol. The third kappa shape index (κ3) is 2.65. The first-order valence-electron chi connectivity index (χ1n) is 6.82. The Bertz CT molecular complexity index is 722. The Morgan fingerprint density at radius 2 is 1.77 bits per heavy atom. The molecule has 0 bridgehead atoms. The number of carbonyl (C=O) groups is 2. The number of hydrogen-bond acceptors (Lipinski definition) is 5. The van der Waals surface area contributed by atoms with E-state index in [-0.39, 0.29) is 0 Å². The van der Waals surface area contributed by atoms with Crippen LogP contribution in [0, 0.1) is 0 Å². The highest BCUT2D eigenvalue weighted by atomic mass is 16.6. The molecular weight excluding hydrogens is 284 g/mol. The fourth-order valence-corrected chi connectivity index (χ4v) is 2.34. The van der Waals surface area contributed by atoms with Crippen LogP contribution in [0.25, 0.3) is 0 Å². The van der Waals surface area contributed by atoms with Crippen molar-refractivity contribution in [1.29, 1.82) is 0 Å². The SMILES string of the molecule is COc1ccccc1OC(=O)C1Cc2ccccc2C(=O)O1. The van der Waals surface area contributed by atoms with Crippen molar-refractivity contribution in [3.05, 3.63) is 59.7 Å². The molecule has 1 atom stereocenters. The molecule has 0 fully saturated rings. The van der Waals surface area contributed by atoms with Gasteiger partial charge >= 0.3 is 11.9 Å². The molecular formula is C17H14O5. The van der Waals surface area contributed by atoms with E-state index in [0.717, 1.165) is 5.56 Å². The van der Waals surface area contributed by atoms with E-state index in [0.29, 0.717) is 23.5 Å². The molecule has 0 amide bonds. The van der Waals surface area contributed by atoms with Crippen LogP contribution in [-0.4, -0.2) is 25.2 Å². The zero-order chi connectivity index (χ0) is 15.5. The first-order valence-corrected chi connectivity index (χ1v) is 6.82. The lowest BCUT2D eigenvalue weighted by atomic mass is 9.99. The van der Waals surface area contributed by atoms with E-state index in [2.05, 4.69) is 0 Å². The van der Waals surface area contributed by atoms with Gasteiger partial charge in [-0.1, -0.05) is 30.3 Å². The van der Waals surface area contributed by atoms with Crippen molar-refractivity contribution in [2.75, 3.05) is 7.11 Å². The first kappa shape index (κ1) is 14.1. The summed E-state index contributed by atoms with van der Waals surface area (Å²) in [5, 5.41) is 0. The second kappa shape index (κ2) is 5.89. The molecule has 1 aliphatic rings. The second-order valence-electron chi connectivity index (χ2n) is 4.83. The van der Waals surface area contributed by atoms with E-state index < -0.39 is 18.0 Å². The molecule has 0 aliphatic carbocycles. The molecule has 22 heavy (non-hydrogen) atoms. The van der Waals surface area contributed by atoms with E-state index in [1.165, 1.54) is 7.11 Å². The Kier molecular flexibility index (Phi) is 3.78. The lowest BCUT2D eigenvalue weighted by molar-refractivity contribution is -0.144. The van der Waals surface area contributed by atoms with Crippen LogP contribution in [0.5, 0.6) is 11.5 Å². The normalized spacial score (nSPS) is 16.4. The summed E-state index contributed by atoms with van der Waals surface area (Å²) in [4.78, 5) is 24.2. The van der Waals surface area contributed by atoms with Crippen molar-refractivity contribution >= 4 is 11.9 Å². The minimum Gasteiger partial charge on any atom is -0.493 e. The Labute approximate surface area is 127 Å². The zero-order valence-corrected chi connectivity index (χ0v) is 11.9. The summed E-state index contributed by atoms with van der Waals surface area (Å²) in [5.41, 5.74) is 1.27. The minimum atomic E-state index is -0.952. The molecule has 0 spiro atoms. The zero-order valence-electron chi connectivity index (χ0n) is 11.9. The van der Waals surface area contributed by atoms with Crippen LogP contribution in [-0.2, 0) is 16.0 Å². The van der Waals surface area contributed by atoms with E-state index >= 15 is 0 Å². The summed E-state index contributed by atoms with van der Waals surface area (Å²) < 4.78 is 15.6. The second-order valence-corrected chi connectivity index (χ2v) is 4.83. The molecule has 1 aliphatic heterocycles. The van der Waals surface area contributed by atoms with Crippen molar-refractivity contribution in [2.45, 2.75) is 12.5 Å².